The lowest BCUT2D eigenvalue weighted by atomic mass is 10.1. The van der Waals surface area contributed by atoms with Gasteiger partial charge in [-0.3, -0.25) is 4.98 Å². The van der Waals surface area contributed by atoms with E-state index in [1.165, 1.54) is 0 Å². The molecule has 0 spiro atoms. The van der Waals surface area contributed by atoms with Gasteiger partial charge in [0.25, 0.3) is 0 Å². The Morgan fingerprint density at radius 3 is 2.79 bits per heavy atom. The third-order valence-electron chi connectivity index (χ3n) is 4.53. The van der Waals surface area contributed by atoms with E-state index < -0.39 is 0 Å². The molecule has 28 heavy (non-hydrogen) atoms. The molecule has 3 aromatic rings. The monoisotopic (exact) mass is 390 g/mol. The van der Waals surface area contributed by atoms with Gasteiger partial charge in [-0.15, -0.1) is 11.3 Å². The molecule has 7 nitrogen and oxygen atoms in total. The number of aromatic nitrogens is 2. The Morgan fingerprint density at radius 2 is 2.04 bits per heavy atom. The third kappa shape index (κ3) is 3.94. The second-order valence-corrected chi connectivity index (χ2v) is 7.19. The van der Waals surface area contributed by atoms with E-state index >= 15 is 0 Å². The van der Waals surface area contributed by atoms with Crippen molar-refractivity contribution in [3.05, 3.63) is 59.7 Å². The molecular weight excluding hydrogens is 372 g/mol. The van der Waals surface area contributed by atoms with Gasteiger partial charge in [0.05, 0.1) is 29.2 Å². The van der Waals surface area contributed by atoms with Crippen LogP contribution in [0.25, 0.3) is 11.3 Å². The van der Waals surface area contributed by atoms with Crippen LogP contribution in [0, 0.1) is 11.3 Å². The molecule has 0 saturated carbocycles. The van der Waals surface area contributed by atoms with Gasteiger partial charge in [-0.1, -0.05) is 12.1 Å². The lowest BCUT2D eigenvalue weighted by molar-refractivity contribution is 0.208. The van der Waals surface area contributed by atoms with Crippen molar-refractivity contribution in [3.63, 3.8) is 0 Å². The van der Waals surface area contributed by atoms with Crippen molar-refractivity contribution in [2.45, 2.75) is 0 Å². The lowest BCUT2D eigenvalue weighted by Crippen LogP contribution is -2.50. The Morgan fingerprint density at radius 1 is 1.18 bits per heavy atom. The summed E-state index contributed by atoms with van der Waals surface area (Å²) in [5.74, 6) is 0. The third-order valence-corrected chi connectivity index (χ3v) is 5.43. The van der Waals surface area contributed by atoms with Crippen molar-refractivity contribution in [2.24, 2.45) is 0 Å². The van der Waals surface area contributed by atoms with Gasteiger partial charge in [-0.25, -0.2) is 9.78 Å². The summed E-state index contributed by atoms with van der Waals surface area (Å²) in [5, 5.41) is 14.9. The molecule has 2 amide bonds. The second-order valence-electron chi connectivity index (χ2n) is 6.35. The Hall–Kier alpha value is -3.44. The van der Waals surface area contributed by atoms with Crippen LogP contribution in [0.4, 0.5) is 15.6 Å². The van der Waals surface area contributed by atoms with Crippen molar-refractivity contribution in [3.8, 4) is 17.3 Å². The average molecular weight is 390 g/mol. The van der Waals surface area contributed by atoms with Gasteiger partial charge < -0.3 is 15.1 Å². The van der Waals surface area contributed by atoms with Crippen LogP contribution in [0.1, 0.15) is 5.56 Å². The molecule has 1 fully saturated rings. The van der Waals surface area contributed by atoms with Crippen LogP contribution in [0.2, 0.25) is 0 Å². The van der Waals surface area contributed by atoms with E-state index in [9.17, 15) is 4.79 Å². The zero-order valence-electron chi connectivity index (χ0n) is 15.1. The van der Waals surface area contributed by atoms with E-state index in [2.05, 4.69) is 21.3 Å². The summed E-state index contributed by atoms with van der Waals surface area (Å²) in [6.45, 7) is 2.72. The first-order chi connectivity index (χ1) is 13.7. The zero-order chi connectivity index (χ0) is 19.3. The number of hydrogen-bond donors (Lipinski definition) is 1. The minimum absolute atomic E-state index is 0.110. The van der Waals surface area contributed by atoms with Gasteiger partial charge in [0, 0.05) is 43.3 Å². The number of nitriles is 1. The van der Waals surface area contributed by atoms with Crippen LogP contribution in [-0.4, -0.2) is 47.1 Å². The predicted molar refractivity (Wildman–Crippen MR) is 109 cm³/mol. The van der Waals surface area contributed by atoms with Crippen molar-refractivity contribution < 1.29 is 4.79 Å². The normalized spacial score (nSPS) is 13.8. The van der Waals surface area contributed by atoms with Crippen LogP contribution >= 0.6 is 11.3 Å². The second kappa shape index (κ2) is 8.06. The van der Waals surface area contributed by atoms with Crippen molar-refractivity contribution in [2.75, 3.05) is 36.4 Å². The highest BCUT2D eigenvalue weighted by atomic mass is 32.1. The van der Waals surface area contributed by atoms with E-state index in [-0.39, 0.29) is 6.03 Å². The van der Waals surface area contributed by atoms with E-state index in [1.54, 1.807) is 40.8 Å². The fourth-order valence-corrected chi connectivity index (χ4v) is 3.92. The molecule has 1 aliphatic rings. The number of rotatable bonds is 3. The fourth-order valence-electron chi connectivity index (χ4n) is 3.03. The number of hydrogen-bond acceptors (Lipinski definition) is 6. The SMILES string of the molecule is N#Cc1cccc(-c2csc(N3CCN(C(=O)Nc4cccnc4)CC3)n2)c1. The summed E-state index contributed by atoms with van der Waals surface area (Å²) in [7, 11) is 0. The number of nitrogens with one attached hydrogen (secondary N) is 1. The molecular formula is C20H18N6OS. The van der Waals surface area contributed by atoms with Crippen LogP contribution in [-0.2, 0) is 0 Å². The smallest absolute Gasteiger partial charge is 0.322 e. The Kier molecular flexibility index (Phi) is 5.17. The zero-order valence-corrected chi connectivity index (χ0v) is 15.9. The van der Waals surface area contributed by atoms with Gasteiger partial charge in [-0.05, 0) is 24.3 Å². The molecule has 140 valence electrons. The maximum Gasteiger partial charge on any atom is 0.322 e. The Labute approximate surface area is 166 Å². The summed E-state index contributed by atoms with van der Waals surface area (Å²) in [5.41, 5.74) is 3.13. The van der Waals surface area contributed by atoms with Gasteiger partial charge in [0.2, 0.25) is 0 Å². The molecule has 1 N–H and O–H groups in total. The maximum atomic E-state index is 12.4. The van der Waals surface area contributed by atoms with Gasteiger partial charge in [0.15, 0.2) is 5.13 Å². The number of amides is 2. The quantitative estimate of drug-likeness (QED) is 0.741. The van der Waals surface area contributed by atoms with Crippen LogP contribution < -0.4 is 10.2 Å². The standard InChI is InChI=1S/C20H18N6OS/c21-12-15-3-1-4-16(11-15)18-14-28-20(24-18)26-9-7-25(8-10-26)19(27)23-17-5-2-6-22-13-17/h1-6,11,13-14H,7-10H2,(H,23,27). The van der Waals surface area contributed by atoms with E-state index in [0.29, 0.717) is 24.3 Å². The molecule has 0 bridgehead atoms. The predicted octanol–water partition coefficient (Wildman–Crippen LogP) is 3.43. The highest BCUT2D eigenvalue weighted by Crippen LogP contribution is 2.28. The van der Waals surface area contributed by atoms with Crippen molar-refractivity contribution in [1.82, 2.24) is 14.9 Å². The van der Waals surface area contributed by atoms with Gasteiger partial charge in [-0.2, -0.15) is 5.26 Å². The highest BCUT2D eigenvalue weighted by molar-refractivity contribution is 7.14. The number of thiazole rings is 1. The number of anilines is 2. The van der Waals surface area contributed by atoms with Crippen molar-refractivity contribution in [1.29, 1.82) is 5.26 Å². The van der Waals surface area contributed by atoms with E-state index in [1.807, 2.05) is 29.6 Å². The number of carbonyl (C=O) groups excluding carboxylic acids is 1. The first-order valence-corrected chi connectivity index (χ1v) is 9.78. The molecule has 3 heterocycles. The minimum atomic E-state index is -0.110. The fraction of sp³-hybridized carbons (Fsp3) is 0.200. The lowest BCUT2D eigenvalue weighted by Gasteiger charge is -2.34. The van der Waals surface area contributed by atoms with E-state index in [4.69, 9.17) is 10.2 Å². The van der Waals surface area contributed by atoms with E-state index in [0.717, 1.165) is 29.5 Å². The molecule has 0 aliphatic carbocycles. The van der Waals surface area contributed by atoms with Crippen LogP contribution in [0.3, 0.4) is 0 Å². The number of carbonyl (C=O) groups is 1. The summed E-state index contributed by atoms with van der Waals surface area (Å²) in [6, 6.07) is 13.1. The largest absolute Gasteiger partial charge is 0.345 e. The average Bonchev–Trinajstić information content (AvgIpc) is 3.25. The highest BCUT2D eigenvalue weighted by Gasteiger charge is 2.23. The number of nitrogens with zero attached hydrogens (tertiary/aromatic N) is 5. The maximum absolute atomic E-state index is 12.4. The molecule has 0 radical (unpaired) electrons. The number of piperazine rings is 1. The summed E-state index contributed by atoms with van der Waals surface area (Å²) in [4.78, 5) is 25.1. The first-order valence-electron chi connectivity index (χ1n) is 8.90. The van der Waals surface area contributed by atoms with Crippen LogP contribution in [0.5, 0.6) is 0 Å². The number of benzene rings is 1. The first kappa shape index (κ1) is 17.9. The minimum Gasteiger partial charge on any atom is -0.345 e. The van der Waals surface area contributed by atoms with Crippen molar-refractivity contribution >= 4 is 28.2 Å². The molecule has 0 unspecified atom stereocenters. The number of pyridine rings is 1. The molecule has 2 aromatic heterocycles. The topological polar surface area (TPSA) is 85.2 Å². The Bertz CT molecular complexity index is 1000. The summed E-state index contributed by atoms with van der Waals surface area (Å²) < 4.78 is 0. The molecule has 1 saturated heterocycles. The molecule has 1 aromatic carbocycles. The van der Waals surface area contributed by atoms with Gasteiger partial charge >= 0.3 is 6.03 Å². The van der Waals surface area contributed by atoms with Crippen LogP contribution in [0.15, 0.2) is 54.2 Å². The molecule has 4 rings (SSSR count). The molecule has 8 heteroatoms. The number of urea groups is 1. The summed E-state index contributed by atoms with van der Waals surface area (Å²) >= 11 is 1.58. The Balaban J connectivity index is 1.37. The molecule has 1 aliphatic heterocycles. The van der Waals surface area contributed by atoms with Gasteiger partial charge in [0.1, 0.15) is 0 Å². The summed E-state index contributed by atoms with van der Waals surface area (Å²) in [6.07, 6.45) is 3.31. The molecule has 0 atom stereocenters.